The van der Waals surface area contributed by atoms with Crippen molar-refractivity contribution in [1.29, 1.82) is 0 Å². The maximum Gasteiger partial charge on any atom is 0.211 e. The van der Waals surface area contributed by atoms with Gasteiger partial charge in [-0.2, -0.15) is 0 Å². The Balaban J connectivity index is 1.47. The van der Waals surface area contributed by atoms with Crippen LogP contribution in [0.2, 0.25) is 0 Å². The Morgan fingerprint density at radius 3 is 0.821 bits per heavy atom. The summed E-state index contributed by atoms with van der Waals surface area (Å²) in [6.45, 7) is 9.22. The van der Waals surface area contributed by atoms with E-state index in [0.717, 1.165) is 94.9 Å². The summed E-state index contributed by atoms with van der Waals surface area (Å²) in [6.07, 6.45) is 67.8. The molecule has 0 N–H and O–H groups in total. The van der Waals surface area contributed by atoms with Crippen molar-refractivity contribution >= 4 is 11.4 Å². The fraction of sp³-hybridized carbons (Fsp3) is 0.737. The molecule has 1 aliphatic rings. The Morgan fingerprint density at radius 2 is 0.513 bits per heavy atom. The molecule has 2 nitrogen and oxygen atoms in total. The van der Waals surface area contributed by atoms with Gasteiger partial charge in [0.25, 0.3) is 0 Å². The second kappa shape index (κ2) is 50.6. The first kappa shape index (κ1) is 68.9. The number of aryl methyl sites for hydroxylation is 2. The van der Waals surface area contributed by atoms with Crippen LogP contribution < -0.4 is 0 Å². The number of nitrogens with zero attached hydrogens (tertiary/aromatic N) is 2. The van der Waals surface area contributed by atoms with Gasteiger partial charge in [0.2, 0.25) is 11.4 Å². The van der Waals surface area contributed by atoms with Gasteiger partial charge in [0.05, 0.1) is 0 Å². The van der Waals surface area contributed by atoms with Crippen molar-refractivity contribution in [3.8, 4) is 23.7 Å². The Hall–Kier alpha value is -3.36. The fourth-order valence-corrected chi connectivity index (χ4v) is 12.1. The van der Waals surface area contributed by atoms with Gasteiger partial charge in [-0.1, -0.05) is 308 Å². The van der Waals surface area contributed by atoms with Crippen molar-refractivity contribution in [3.05, 3.63) is 87.5 Å². The molecule has 1 heterocycles. The van der Waals surface area contributed by atoms with E-state index in [9.17, 15) is 5.53 Å². The van der Waals surface area contributed by atoms with Gasteiger partial charge in [0.1, 0.15) is 0 Å². The second-order valence-corrected chi connectivity index (χ2v) is 24.1. The SMILES string of the molecule is CCCCCCCCCCCCCCCCCCCC#CCCCc1ccccc1C1=C(CCCC)C(CCCCCCCC)=C(c2ccccc2CCCC#CCCCCCCCCCCCCCCCCCCC)[N+]1=[N-]. The second-order valence-electron chi connectivity index (χ2n) is 24.1. The fourth-order valence-electron chi connectivity index (χ4n) is 12.1. The summed E-state index contributed by atoms with van der Waals surface area (Å²) in [5.74, 6) is 14.2. The molecular formula is C76H124N2. The van der Waals surface area contributed by atoms with Crippen LogP contribution in [-0.2, 0) is 12.8 Å². The molecule has 78 heavy (non-hydrogen) atoms. The average molecular weight is 1070 g/mol. The number of hydrogen-bond donors (Lipinski definition) is 0. The lowest BCUT2D eigenvalue weighted by Gasteiger charge is -2.15. The van der Waals surface area contributed by atoms with E-state index in [-0.39, 0.29) is 0 Å². The molecule has 0 aliphatic carbocycles. The third-order valence-corrected chi connectivity index (χ3v) is 17.0. The van der Waals surface area contributed by atoms with Gasteiger partial charge in [-0.05, 0) is 87.5 Å². The maximum atomic E-state index is 12.7. The summed E-state index contributed by atoms with van der Waals surface area (Å²) in [5, 5.41) is 0. The largest absolute Gasteiger partial charge is 0.493 e. The Labute approximate surface area is 486 Å². The van der Waals surface area contributed by atoms with Gasteiger partial charge in [0.15, 0.2) is 0 Å². The molecular weight excluding hydrogens is 941 g/mol. The van der Waals surface area contributed by atoms with E-state index in [0.29, 0.717) is 0 Å². The Kier molecular flexibility index (Phi) is 44.7. The van der Waals surface area contributed by atoms with E-state index in [1.807, 2.05) is 0 Å². The van der Waals surface area contributed by atoms with Crippen LogP contribution >= 0.6 is 0 Å². The van der Waals surface area contributed by atoms with E-state index < -0.39 is 0 Å². The number of allylic oxidation sites excluding steroid dienone is 2. The topological polar surface area (TPSA) is 25.3 Å². The predicted octanol–water partition coefficient (Wildman–Crippen LogP) is 25.5. The van der Waals surface area contributed by atoms with Crippen LogP contribution in [0.4, 0.5) is 0 Å². The van der Waals surface area contributed by atoms with Crippen LogP contribution in [0.5, 0.6) is 0 Å². The molecule has 2 aromatic carbocycles. The first-order valence-electron chi connectivity index (χ1n) is 34.7. The van der Waals surface area contributed by atoms with E-state index in [1.165, 1.54) is 284 Å². The van der Waals surface area contributed by atoms with Crippen molar-refractivity contribution in [2.75, 3.05) is 0 Å². The highest BCUT2D eigenvalue weighted by Crippen LogP contribution is 2.46. The molecule has 0 atom stereocenters. The van der Waals surface area contributed by atoms with Crippen LogP contribution in [0.1, 0.15) is 371 Å². The molecule has 1 aliphatic heterocycles. The first-order chi connectivity index (χ1) is 38.7. The first-order valence-corrected chi connectivity index (χ1v) is 34.7. The van der Waals surface area contributed by atoms with Gasteiger partial charge in [-0.3, -0.25) is 0 Å². The summed E-state index contributed by atoms with van der Waals surface area (Å²) in [7, 11) is 0. The number of unbranched alkanes of at least 4 members (excludes halogenated alkanes) is 42. The van der Waals surface area contributed by atoms with E-state index >= 15 is 0 Å². The minimum Gasteiger partial charge on any atom is -0.493 e. The zero-order chi connectivity index (χ0) is 55.5. The molecule has 0 unspecified atom stereocenters. The molecule has 2 aromatic rings. The Bertz CT molecular complexity index is 1950. The highest BCUT2D eigenvalue weighted by Gasteiger charge is 2.36. The maximum absolute atomic E-state index is 12.7. The molecule has 0 saturated heterocycles. The lowest BCUT2D eigenvalue weighted by atomic mass is 9.89. The summed E-state index contributed by atoms with van der Waals surface area (Å²) in [5.41, 5.74) is 22.6. The van der Waals surface area contributed by atoms with Crippen molar-refractivity contribution in [2.45, 2.75) is 362 Å². The number of rotatable bonds is 52. The summed E-state index contributed by atoms with van der Waals surface area (Å²) < 4.78 is 1.64. The third-order valence-electron chi connectivity index (χ3n) is 17.0. The third kappa shape index (κ3) is 32.8. The summed E-state index contributed by atoms with van der Waals surface area (Å²) in [4.78, 5) is 0. The molecule has 0 amide bonds. The summed E-state index contributed by atoms with van der Waals surface area (Å²) >= 11 is 0. The smallest absolute Gasteiger partial charge is 0.211 e. The predicted molar refractivity (Wildman–Crippen MR) is 347 cm³/mol. The average Bonchev–Trinajstić information content (AvgIpc) is 3.75. The number of benzene rings is 2. The highest BCUT2D eigenvalue weighted by atomic mass is 15.2. The molecule has 0 fully saturated rings. The van der Waals surface area contributed by atoms with Gasteiger partial charge >= 0.3 is 0 Å². The minimum atomic E-state index is 0.933. The molecule has 0 aromatic heterocycles. The normalized spacial score (nSPS) is 12.4. The van der Waals surface area contributed by atoms with E-state index in [1.54, 1.807) is 4.70 Å². The van der Waals surface area contributed by atoms with E-state index in [4.69, 9.17) is 0 Å². The van der Waals surface area contributed by atoms with Gasteiger partial charge in [-0.25, -0.2) is 4.70 Å². The molecule has 0 bridgehead atoms. The standard InChI is InChI=1S/C76H124N2/c1-5-9-13-16-19-21-23-25-27-29-31-33-35-37-39-41-43-45-47-49-51-54-61-69-63-57-59-66-71(69)75-73(65-12-8-4)74(68-56-53-18-15-11-7-3)76(78(75)77)72-67-60-58-64-70(72)62-55-52-50-48-46-44-42-40-38-36-34-32-30-28-26-24-22-20-17-14-10-6-2/h57-60,63-64,66-67H,5-46,51-56,61-62,65,68H2,1-4H3. The van der Waals surface area contributed by atoms with Crippen molar-refractivity contribution < 1.29 is 4.70 Å². The lowest BCUT2D eigenvalue weighted by molar-refractivity contribution is -0.345. The zero-order valence-corrected chi connectivity index (χ0v) is 52.3. The van der Waals surface area contributed by atoms with Gasteiger partial charge < -0.3 is 5.53 Å². The zero-order valence-electron chi connectivity index (χ0n) is 52.3. The highest BCUT2D eigenvalue weighted by molar-refractivity contribution is 5.83. The molecule has 3 rings (SSSR count). The van der Waals surface area contributed by atoms with Crippen molar-refractivity contribution in [1.82, 2.24) is 0 Å². The minimum absolute atomic E-state index is 0.933. The molecule has 0 radical (unpaired) electrons. The number of hydrogen-bond acceptors (Lipinski definition) is 0. The van der Waals surface area contributed by atoms with Crippen LogP contribution in [0.3, 0.4) is 0 Å². The van der Waals surface area contributed by atoms with Gasteiger partial charge in [0, 0.05) is 48.0 Å². The lowest BCUT2D eigenvalue weighted by Crippen LogP contribution is -2.07. The molecule has 0 spiro atoms. The van der Waals surface area contributed by atoms with Crippen LogP contribution in [-0.4, -0.2) is 4.70 Å². The monoisotopic (exact) mass is 1060 g/mol. The molecule has 438 valence electrons. The molecule has 2 heteroatoms. The van der Waals surface area contributed by atoms with Crippen molar-refractivity contribution in [3.63, 3.8) is 0 Å². The van der Waals surface area contributed by atoms with E-state index in [2.05, 4.69) is 99.9 Å². The quantitative estimate of drug-likeness (QED) is 0.0358. The van der Waals surface area contributed by atoms with Crippen LogP contribution in [0.25, 0.3) is 16.9 Å². The Morgan fingerprint density at radius 1 is 0.269 bits per heavy atom. The van der Waals surface area contributed by atoms with Crippen LogP contribution in [0.15, 0.2) is 59.7 Å². The van der Waals surface area contributed by atoms with Gasteiger partial charge in [-0.15, -0.1) is 23.7 Å². The van der Waals surface area contributed by atoms with Crippen molar-refractivity contribution in [2.24, 2.45) is 0 Å². The summed E-state index contributed by atoms with van der Waals surface area (Å²) in [6, 6.07) is 17.9. The van der Waals surface area contributed by atoms with Crippen LogP contribution in [0, 0.1) is 23.7 Å². The molecule has 0 saturated carbocycles.